The molecule has 0 aliphatic heterocycles. The van der Waals surface area contributed by atoms with Gasteiger partial charge < -0.3 is 19.7 Å². The third-order valence-corrected chi connectivity index (χ3v) is 3.76. The second-order valence-electron chi connectivity index (χ2n) is 5.64. The molecule has 0 spiro atoms. The average molecular weight is 312 g/mol. The van der Waals surface area contributed by atoms with E-state index in [2.05, 4.69) is 0 Å². The van der Waals surface area contributed by atoms with Gasteiger partial charge in [0.2, 0.25) is 11.2 Å². The number of phenols is 3. The zero-order valence-corrected chi connectivity index (χ0v) is 12.8. The van der Waals surface area contributed by atoms with E-state index in [1.165, 1.54) is 0 Å². The number of fused-ring (bicyclic) bond motifs is 2. The van der Waals surface area contributed by atoms with Crippen LogP contribution in [0.2, 0.25) is 0 Å². The third-order valence-electron chi connectivity index (χ3n) is 3.76. The van der Waals surface area contributed by atoms with Gasteiger partial charge in [0.05, 0.1) is 5.39 Å². The highest BCUT2D eigenvalue weighted by molar-refractivity contribution is 5.98. The number of allylic oxidation sites excluding steroid dienone is 2. The maximum Gasteiger partial charge on any atom is 0.204 e. The number of phenolic OH excluding ortho intramolecular Hbond substituents is 3. The normalized spacial score (nSPS) is 11.0. The zero-order valence-electron chi connectivity index (χ0n) is 12.8. The van der Waals surface area contributed by atoms with Gasteiger partial charge in [-0.2, -0.15) is 0 Å². The van der Waals surface area contributed by atoms with Crippen molar-refractivity contribution in [1.82, 2.24) is 0 Å². The molecule has 0 unspecified atom stereocenters. The summed E-state index contributed by atoms with van der Waals surface area (Å²) in [5.74, 6) is -1.39. The van der Waals surface area contributed by atoms with Crippen molar-refractivity contribution in [1.29, 1.82) is 0 Å². The molecule has 5 heteroatoms. The van der Waals surface area contributed by atoms with Crippen LogP contribution in [-0.4, -0.2) is 15.3 Å². The highest BCUT2D eigenvalue weighted by Gasteiger charge is 2.23. The molecule has 3 N–H and O–H groups in total. The standard InChI is InChI=1S/C18H16O5/c1-9(2)7-8-11-15(20)13-14(19)10-5-3-4-6-12(10)23-18(13)17(22)16(11)21/h3-7,20-22H,8H2,1-2H3. The van der Waals surface area contributed by atoms with Crippen LogP contribution in [0.15, 0.2) is 45.1 Å². The molecular weight excluding hydrogens is 296 g/mol. The number of benzene rings is 2. The second-order valence-corrected chi connectivity index (χ2v) is 5.64. The average Bonchev–Trinajstić information content (AvgIpc) is 2.52. The maximum absolute atomic E-state index is 12.6. The first-order valence-electron chi connectivity index (χ1n) is 7.16. The number of hydrogen-bond donors (Lipinski definition) is 3. The largest absolute Gasteiger partial charge is 0.507 e. The van der Waals surface area contributed by atoms with Crippen molar-refractivity contribution in [3.8, 4) is 17.2 Å². The summed E-state index contributed by atoms with van der Waals surface area (Å²) >= 11 is 0. The summed E-state index contributed by atoms with van der Waals surface area (Å²) in [7, 11) is 0. The SMILES string of the molecule is CC(C)=CCc1c(O)c(O)c2oc3ccccc3c(=O)c2c1O. The van der Waals surface area contributed by atoms with Crippen molar-refractivity contribution in [3.05, 3.63) is 51.7 Å². The Morgan fingerprint density at radius 2 is 1.78 bits per heavy atom. The Balaban J connectivity index is 2.46. The molecule has 1 aromatic heterocycles. The third kappa shape index (κ3) is 2.30. The molecule has 118 valence electrons. The predicted octanol–water partition coefficient (Wildman–Crippen LogP) is 3.57. The minimum absolute atomic E-state index is 0.0961. The molecule has 0 atom stereocenters. The quantitative estimate of drug-likeness (QED) is 0.291. The Kier molecular flexibility index (Phi) is 3.48. The van der Waals surface area contributed by atoms with Gasteiger partial charge in [-0.1, -0.05) is 23.8 Å². The predicted molar refractivity (Wildman–Crippen MR) is 88.1 cm³/mol. The van der Waals surface area contributed by atoms with Gasteiger partial charge in [-0.15, -0.1) is 0 Å². The summed E-state index contributed by atoms with van der Waals surface area (Å²) in [5, 5.41) is 31.0. The summed E-state index contributed by atoms with van der Waals surface area (Å²) in [6.07, 6.45) is 1.97. The molecule has 0 saturated heterocycles. The molecule has 3 rings (SSSR count). The number of para-hydroxylation sites is 1. The molecule has 0 fully saturated rings. The van der Waals surface area contributed by atoms with E-state index in [4.69, 9.17) is 4.42 Å². The van der Waals surface area contributed by atoms with E-state index in [0.29, 0.717) is 5.39 Å². The topological polar surface area (TPSA) is 90.9 Å². The Hall–Kier alpha value is -2.95. The van der Waals surface area contributed by atoms with Gasteiger partial charge in [0.1, 0.15) is 16.7 Å². The summed E-state index contributed by atoms with van der Waals surface area (Å²) < 4.78 is 5.51. The van der Waals surface area contributed by atoms with Gasteiger partial charge >= 0.3 is 0 Å². The van der Waals surface area contributed by atoms with Gasteiger partial charge in [0, 0.05) is 5.56 Å². The van der Waals surface area contributed by atoms with Crippen molar-refractivity contribution in [2.75, 3.05) is 0 Å². The fourth-order valence-corrected chi connectivity index (χ4v) is 2.54. The van der Waals surface area contributed by atoms with Crippen molar-refractivity contribution in [3.63, 3.8) is 0 Å². The molecule has 1 heterocycles. The summed E-state index contributed by atoms with van der Waals surface area (Å²) in [5.41, 5.74) is 0.682. The summed E-state index contributed by atoms with van der Waals surface area (Å²) in [6, 6.07) is 6.55. The highest BCUT2D eigenvalue weighted by Crippen LogP contribution is 2.44. The second kappa shape index (κ2) is 5.35. The van der Waals surface area contributed by atoms with E-state index < -0.39 is 16.9 Å². The molecule has 0 amide bonds. The summed E-state index contributed by atoms with van der Waals surface area (Å²) in [6.45, 7) is 3.74. The lowest BCUT2D eigenvalue weighted by molar-refractivity contribution is 0.390. The van der Waals surface area contributed by atoms with E-state index in [-0.39, 0.29) is 34.3 Å². The van der Waals surface area contributed by atoms with E-state index in [9.17, 15) is 20.1 Å². The molecule has 0 saturated carbocycles. The monoisotopic (exact) mass is 312 g/mol. The van der Waals surface area contributed by atoms with Gasteiger partial charge in [0.25, 0.3) is 0 Å². The first-order chi connectivity index (χ1) is 10.9. The van der Waals surface area contributed by atoms with Crippen LogP contribution in [0.4, 0.5) is 0 Å². The fourth-order valence-electron chi connectivity index (χ4n) is 2.54. The van der Waals surface area contributed by atoms with Crippen LogP contribution in [0.3, 0.4) is 0 Å². The molecule has 23 heavy (non-hydrogen) atoms. The minimum Gasteiger partial charge on any atom is -0.507 e. The van der Waals surface area contributed by atoms with Gasteiger partial charge in [-0.25, -0.2) is 0 Å². The van der Waals surface area contributed by atoms with Crippen molar-refractivity contribution in [2.24, 2.45) is 0 Å². The van der Waals surface area contributed by atoms with Crippen LogP contribution in [0.5, 0.6) is 17.2 Å². The zero-order chi connectivity index (χ0) is 16.7. The first-order valence-corrected chi connectivity index (χ1v) is 7.16. The van der Waals surface area contributed by atoms with Gasteiger partial charge in [-0.05, 0) is 32.4 Å². The molecular formula is C18H16O5. The number of rotatable bonds is 2. The van der Waals surface area contributed by atoms with Crippen LogP contribution in [0.1, 0.15) is 19.4 Å². The van der Waals surface area contributed by atoms with Crippen molar-refractivity contribution < 1.29 is 19.7 Å². The first kappa shape index (κ1) is 15.0. The molecule has 0 bridgehead atoms. The lowest BCUT2D eigenvalue weighted by Gasteiger charge is -2.11. The summed E-state index contributed by atoms with van der Waals surface area (Å²) in [4.78, 5) is 12.6. The van der Waals surface area contributed by atoms with E-state index in [0.717, 1.165) is 5.57 Å². The number of hydrogen-bond acceptors (Lipinski definition) is 5. The maximum atomic E-state index is 12.6. The Bertz CT molecular complexity index is 1010. The molecule has 3 aromatic rings. The van der Waals surface area contributed by atoms with Crippen molar-refractivity contribution >= 4 is 21.9 Å². The fraction of sp³-hybridized carbons (Fsp3) is 0.167. The molecule has 0 radical (unpaired) electrons. The van der Waals surface area contributed by atoms with Crippen LogP contribution < -0.4 is 5.43 Å². The van der Waals surface area contributed by atoms with E-state index >= 15 is 0 Å². The molecule has 0 aliphatic rings. The molecule has 5 nitrogen and oxygen atoms in total. The van der Waals surface area contributed by atoms with Crippen LogP contribution >= 0.6 is 0 Å². The van der Waals surface area contributed by atoms with Gasteiger partial charge in [-0.3, -0.25) is 4.79 Å². The van der Waals surface area contributed by atoms with E-state index in [1.54, 1.807) is 30.3 Å². The highest BCUT2D eigenvalue weighted by atomic mass is 16.4. The van der Waals surface area contributed by atoms with Crippen LogP contribution in [-0.2, 0) is 6.42 Å². The minimum atomic E-state index is -0.544. The van der Waals surface area contributed by atoms with E-state index in [1.807, 2.05) is 13.8 Å². The lowest BCUT2D eigenvalue weighted by Crippen LogP contribution is -2.04. The number of aromatic hydroxyl groups is 3. The molecule has 2 aromatic carbocycles. The van der Waals surface area contributed by atoms with Crippen LogP contribution in [0, 0.1) is 0 Å². The Morgan fingerprint density at radius 3 is 2.48 bits per heavy atom. The molecule has 0 aliphatic carbocycles. The smallest absolute Gasteiger partial charge is 0.204 e. The van der Waals surface area contributed by atoms with Gasteiger partial charge in [0.15, 0.2) is 11.3 Å². The van der Waals surface area contributed by atoms with Crippen LogP contribution in [0.25, 0.3) is 21.9 Å². The Morgan fingerprint density at radius 1 is 1.09 bits per heavy atom. The lowest BCUT2D eigenvalue weighted by atomic mass is 10.0. The van der Waals surface area contributed by atoms with Crippen molar-refractivity contribution in [2.45, 2.75) is 20.3 Å². The Labute approximate surface area is 131 Å².